The zero-order valence-electron chi connectivity index (χ0n) is 10.8. The molecule has 0 saturated heterocycles. The van der Waals surface area contributed by atoms with Gasteiger partial charge in [0.05, 0.1) is 5.52 Å². The van der Waals surface area contributed by atoms with Crippen LogP contribution in [0.25, 0.3) is 10.9 Å². The third-order valence-electron chi connectivity index (χ3n) is 3.10. The zero-order chi connectivity index (χ0) is 13.8. The van der Waals surface area contributed by atoms with Gasteiger partial charge in [-0.3, -0.25) is 4.79 Å². The van der Waals surface area contributed by atoms with Crippen LogP contribution >= 0.6 is 0 Å². The van der Waals surface area contributed by atoms with Gasteiger partial charge in [-0.2, -0.15) is 0 Å². The van der Waals surface area contributed by atoms with Crippen molar-refractivity contribution in [1.82, 2.24) is 9.97 Å². The smallest absolute Gasteiger partial charge is 0.150 e. The molecule has 0 spiro atoms. The molecule has 0 amide bonds. The van der Waals surface area contributed by atoms with Crippen LogP contribution in [-0.4, -0.2) is 16.3 Å². The molecule has 4 heteroatoms. The van der Waals surface area contributed by atoms with Crippen LogP contribution in [0, 0.1) is 0 Å². The highest BCUT2D eigenvalue weighted by Crippen LogP contribution is 2.20. The number of aldehydes is 1. The molecule has 0 bridgehead atoms. The number of carbonyl (C=O) groups is 1. The second-order valence-corrected chi connectivity index (χ2v) is 4.46. The average molecular weight is 263 g/mol. The van der Waals surface area contributed by atoms with E-state index in [2.05, 4.69) is 15.3 Å². The van der Waals surface area contributed by atoms with Crippen molar-refractivity contribution in [2.24, 2.45) is 0 Å². The van der Waals surface area contributed by atoms with E-state index < -0.39 is 0 Å². The molecule has 0 atom stereocenters. The van der Waals surface area contributed by atoms with Crippen molar-refractivity contribution in [2.45, 2.75) is 6.54 Å². The van der Waals surface area contributed by atoms with Gasteiger partial charge in [0.15, 0.2) is 0 Å². The molecule has 1 N–H and O–H groups in total. The molecule has 1 heterocycles. The van der Waals surface area contributed by atoms with Crippen molar-refractivity contribution in [1.29, 1.82) is 0 Å². The van der Waals surface area contributed by atoms with Crippen molar-refractivity contribution < 1.29 is 4.79 Å². The first kappa shape index (κ1) is 12.3. The summed E-state index contributed by atoms with van der Waals surface area (Å²) in [6.45, 7) is 0.679. The molecule has 3 rings (SSSR count). The minimum absolute atomic E-state index is 0.620. The maximum absolute atomic E-state index is 10.9. The van der Waals surface area contributed by atoms with Gasteiger partial charge in [0.1, 0.15) is 18.4 Å². The van der Waals surface area contributed by atoms with Gasteiger partial charge in [0.25, 0.3) is 0 Å². The molecule has 0 radical (unpaired) electrons. The summed E-state index contributed by atoms with van der Waals surface area (Å²) in [6, 6.07) is 15.5. The van der Waals surface area contributed by atoms with E-state index in [4.69, 9.17) is 0 Å². The molecule has 20 heavy (non-hydrogen) atoms. The van der Waals surface area contributed by atoms with Crippen LogP contribution in [0.1, 0.15) is 15.9 Å². The van der Waals surface area contributed by atoms with Gasteiger partial charge in [0, 0.05) is 17.5 Å². The van der Waals surface area contributed by atoms with E-state index in [0.29, 0.717) is 12.1 Å². The first-order valence-corrected chi connectivity index (χ1v) is 6.34. The molecule has 2 aromatic carbocycles. The third kappa shape index (κ3) is 2.49. The standard InChI is InChI=1S/C16H13N3O/c20-10-13-6-7-15-14(8-13)16(19-11-18-15)17-9-12-4-2-1-3-5-12/h1-8,10-11H,9H2,(H,17,18,19). The highest BCUT2D eigenvalue weighted by molar-refractivity contribution is 5.93. The van der Waals surface area contributed by atoms with Gasteiger partial charge in [-0.15, -0.1) is 0 Å². The Labute approximate surface area is 116 Å². The third-order valence-corrected chi connectivity index (χ3v) is 3.10. The molecule has 0 fully saturated rings. The van der Waals surface area contributed by atoms with Crippen LogP contribution in [0.3, 0.4) is 0 Å². The topological polar surface area (TPSA) is 54.9 Å². The first-order chi connectivity index (χ1) is 9.86. The molecule has 0 aliphatic rings. The summed E-state index contributed by atoms with van der Waals surface area (Å²) in [5.41, 5.74) is 2.61. The summed E-state index contributed by atoms with van der Waals surface area (Å²) < 4.78 is 0. The van der Waals surface area contributed by atoms with Gasteiger partial charge in [-0.25, -0.2) is 9.97 Å². The second kappa shape index (κ2) is 5.48. The molecule has 1 aromatic heterocycles. The Morgan fingerprint density at radius 3 is 2.70 bits per heavy atom. The predicted octanol–water partition coefficient (Wildman–Crippen LogP) is 3.05. The number of nitrogens with one attached hydrogen (secondary N) is 1. The van der Waals surface area contributed by atoms with E-state index in [-0.39, 0.29) is 0 Å². The Morgan fingerprint density at radius 1 is 1.05 bits per heavy atom. The molecular formula is C16H13N3O. The highest BCUT2D eigenvalue weighted by atomic mass is 16.1. The quantitative estimate of drug-likeness (QED) is 0.735. The SMILES string of the molecule is O=Cc1ccc2ncnc(NCc3ccccc3)c2c1. The predicted molar refractivity (Wildman–Crippen MR) is 78.7 cm³/mol. The van der Waals surface area contributed by atoms with Gasteiger partial charge in [-0.1, -0.05) is 30.3 Å². The Morgan fingerprint density at radius 2 is 1.90 bits per heavy atom. The Bertz CT molecular complexity index is 741. The van der Waals surface area contributed by atoms with E-state index in [1.807, 2.05) is 36.4 Å². The van der Waals surface area contributed by atoms with Crippen molar-refractivity contribution >= 4 is 23.0 Å². The van der Waals surface area contributed by atoms with Crippen LogP contribution in [0.15, 0.2) is 54.9 Å². The maximum Gasteiger partial charge on any atom is 0.150 e. The lowest BCUT2D eigenvalue weighted by atomic mass is 10.1. The zero-order valence-corrected chi connectivity index (χ0v) is 10.8. The molecule has 0 aliphatic carbocycles. The monoisotopic (exact) mass is 263 g/mol. The van der Waals surface area contributed by atoms with Crippen molar-refractivity contribution in [3.63, 3.8) is 0 Å². The number of fused-ring (bicyclic) bond motifs is 1. The van der Waals surface area contributed by atoms with E-state index in [1.165, 1.54) is 11.9 Å². The largest absolute Gasteiger partial charge is 0.365 e. The number of hydrogen-bond donors (Lipinski definition) is 1. The van der Waals surface area contributed by atoms with E-state index in [1.54, 1.807) is 12.1 Å². The van der Waals surface area contributed by atoms with Crippen LogP contribution < -0.4 is 5.32 Å². The molecule has 0 unspecified atom stereocenters. The van der Waals surface area contributed by atoms with Crippen LogP contribution in [0.5, 0.6) is 0 Å². The number of carbonyl (C=O) groups excluding carboxylic acids is 1. The van der Waals surface area contributed by atoms with Gasteiger partial charge < -0.3 is 5.32 Å². The van der Waals surface area contributed by atoms with Crippen molar-refractivity contribution in [2.75, 3.05) is 5.32 Å². The highest BCUT2D eigenvalue weighted by Gasteiger charge is 2.04. The number of nitrogens with zero attached hydrogens (tertiary/aromatic N) is 2. The number of hydrogen-bond acceptors (Lipinski definition) is 4. The van der Waals surface area contributed by atoms with Gasteiger partial charge in [0.2, 0.25) is 0 Å². The average Bonchev–Trinajstić information content (AvgIpc) is 2.53. The summed E-state index contributed by atoms with van der Waals surface area (Å²) in [7, 11) is 0. The molecule has 0 saturated carbocycles. The Balaban J connectivity index is 1.92. The van der Waals surface area contributed by atoms with Crippen LogP contribution in [0.4, 0.5) is 5.82 Å². The fourth-order valence-corrected chi connectivity index (χ4v) is 2.07. The minimum atomic E-state index is 0.620. The summed E-state index contributed by atoms with van der Waals surface area (Å²) in [5.74, 6) is 0.738. The molecule has 0 aliphatic heterocycles. The molecule has 4 nitrogen and oxygen atoms in total. The van der Waals surface area contributed by atoms with Crippen molar-refractivity contribution in [3.05, 3.63) is 66.0 Å². The van der Waals surface area contributed by atoms with Crippen LogP contribution in [0.2, 0.25) is 0 Å². The summed E-state index contributed by atoms with van der Waals surface area (Å²) in [6.07, 6.45) is 2.35. The lowest BCUT2D eigenvalue weighted by Gasteiger charge is -2.08. The number of benzene rings is 2. The van der Waals surface area contributed by atoms with E-state index in [9.17, 15) is 4.79 Å². The summed E-state index contributed by atoms with van der Waals surface area (Å²) >= 11 is 0. The fourth-order valence-electron chi connectivity index (χ4n) is 2.07. The normalized spacial score (nSPS) is 10.4. The Kier molecular flexibility index (Phi) is 3.37. The van der Waals surface area contributed by atoms with Gasteiger partial charge in [-0.05, 0) is 23.8 Å². The second-order valence-electron chi connectivity index (χ2n) is 4.46. The Hall–Kier alpha value is -2.75. The fraction of sp³-hybridized carbons (Fsp3) is 0.0625. The van der Waals surface area contributed by atoms with Gasteiger partial charge >= 0.3 is 0 Å². The molecule has 98 valence electrons. The number of anilines is 1. The first-order valence-electron chi connectivity index (χ1n) is 6.34. The molecule has 3 aromatic rings. The maximum atomic E-state index is 10.9. The molecular weight excluding hydrogens is 250 g/mol. The minimum Gasteiger partial charge on any atom is -0.365 e. The van der Waals surface area contributed by atoms with E-state index >= 15 is 0 Å². The number of aromatic nitrogens is 2. The summed E-state index contributed by atoms with van der Waals surface area (Å²) in [4.78, 5) is 19.3. The number of rotatable bonds is 4. The summed E-state index contributed by atoms with van der Waals surface area (Å²) in [5, 5.41) is 4.14. The van der Waals surface area contributed by atoms with Crippen molar-refractivity contribution in [3.8, 4) is 0 Å². The van der Waals surface area contributed by atoms with E-state index in [0.717, 1.165) is 23.0 Å². The van der Waals surface area contributed by atoms with Crippen LogP contribution in [-0.2, 0) is 6.54 Å². The lowest BCUT2D eigenvalue weighted by Crippen LogP contribution is -2.02. The lowest BCUT2D eigenvalue weighted by molar-refractivity contribution is 0.112.